The maximum Gasteiger partial charge on any atom is 0.306 e. The summed E-state index contributed by atoms with van der Waals surface area (Å²) in [6.07, 6.45) is 6.00. The van der Waals surface area contributed by atoms with Crippen molar-refractivity contribution in [1.82, 2.24) is 0 Å². The van der Waals surface area contributed by atoms with Crippen molar-refractivity contribution in [2.45, 2.75) is 50.5 Å². The van der Waals surface area contributed by atoms with Crippen LogP contribution in [0.15, 0.2) is 24.3 Å². The molecule has 4 fully saturated rings. The molecule has 1 N–H and O–H groups in total. The van der Waals surface area contributed by atoms with E-state index in [-0.39, 0.29) is 23.8 Å². The van der Waals surface area contributed by atoms with Crippen molar-refractivity contribution in [2.75, 3.05) is 13.7 Å². The predicted octanol–water partition coefficient (Wildman–Crippen LogP) is 3.14. The number of hydrogen-bond donors (Lipinski definition) is 1. The van der Waals surface area contributed by atoms with Crippen LogP contribution in [0.1, 0.15) is 55.3 Å². The summed E-state index contributed by atoms with van der Waals surface area (Å²) in [7, 11) is 1.57. The zero-order chi connectivity index (χ0) is 18.4. The van der Waals surface area contributed by atoms with E-state index in [9.17, 15) is 14.7 Å². The van der Waals surface area contributed by atoms with Gasteiger partial charge in [-0.05, 0) is 80.0 Å². The maximum atomic E-state index is 12.4. The molecule has 4 saturated carbocycles. The molecule has 5 rings (SSSR count). The van der Waals surface area contributed by atoms with Gasteiger partial charge in [-0.25, -0.2) is 0 Å². The van der Waals surface area contributed by atoms with Gasteiger partial charge in [-0.3, -0.25) is 9.59 Å². The van der Waals surface area contributed by atoms with Gasteiger partial charge in [0.15, 0.2) is 12.4 Å². The summed E-state index contributed by atoms with van der Waals surface area (Å²) in [5.74, 6) is 1.21. The van der Waals surface area contributed by atoms with E-state index in [4.69, 9.17) is 9.47 Å². The fraction of sp³-hybridized carbons (Fsp3) is 0.619. The summed E-state index contributed by atoms with van der Waals surface area (Å²) in [5.41, 5.74) is -0.203. The van der Waals surface area contributed by atoms with Gasteiger partial charge in [-0.2, -0.15) is 0 Å². The largest absolute Gasteiger partial charge is 0.497 e. The van der Waals surface area contributed by atoms with Gasteiger partial charge in [0.25, 0.3) is 0 Å². The summed E-state index contributed by atoms with van der Waals surface area (Å²) in [5, 5.41) is 10.8. The van der Waals surface area contributed by atoms with Crippen LogP contribution in [-0.2, 0) is 9.53 Å². The fourth-order valence-corrected chi connectivity index (χ4v) is 5.97. The molecular weight excluding hydrogens is 332 g/mol. The van der Waals surface area contributed by atoms with E-state index in [0.717, 1.165) is 25.7 Å². The molecule has 0 aromatic heterocycles. The first-order valence-electron chi connectivity index (χ1n) is 9.44. The normalized spacial score (nSPS) is 34.5. The fourth-order valence-electron chi connectivity index (χ4n) is 5.97. The molecule has 4 aliphatic carbocycles. The number of ketones is 1. The van der Waals surface area contributed by atoms with Crippen LogP contribution in [0.2, 0.25) is 0 Å². The summed E-state index contributed by atoms with van der Waals surface area (Å²) >= 11 is 0. The van der Waals surface area contributed by atoms with E-state index in [1.54, 1.807) is 31.4 Å². The monoisotopic (exact) mass is 358 g/mol. The molecule has 0 radical (unpaired) electrons. The molecule has 0 heterocycles. The standard InChI is InChI=1S/C21H26O5/c1-25-17-4-2-16(3-5-17)18(22)12-26-19(23)11-20-7-14-6-15(8-20)10-21(24,9-14)13-20/h2-5,14-15,24H,6-13H2,1H3/t14-,15+,20?,21?. The average molecular weight is 358 g/mol. The van der Waals surface area contributed by atoms with Crippen molar-refractivity contribution in [2.24, 2.45) is 17.3 Å². The SMILES string of the molecule is COc1ccc(C(=O)COC(=O)CC23C[C@@H]4C[C@@H](CC(O)(C4)C2)C3)cc1. The Kier molecular flexibility index (Phi) is 4.30. The molecule has 4 aliphatic rings. The topological polar surface area (TPSA) is 72.8 Å². The zero-order valence-corrected chi connectivity index (χ0v) is 15.2. The van der Waals surface area contributed by atoms with Gasteiger partial charge in [-0.15, -0.1) is 0 Å². The summed E-state index contributed by atoms with van der Waals surface area (Å²) in [4.78, 5) is 24.6. The summed E-state index contributed by atoms with van der Waals surface area (Å²) < 4.78 is 10.4. The molecule has 1 aromatic rings. The Morgan fingerprint density at radius 1 is 1.12 bits per heavy atom. The number of carbonyl (C=O) groups is 2. The van der Waals surface area contributed by atoms with Gasteiger partial charge in [0, 0.05) is 5.56 Å². The van der Waals surface area contributed by atoms with E-state index in [1.165, 1.54) is 6.42 Å². The number of carbonyl (C=O) groups excluding carboxylic acids is 2. The molecule has 5 nitrogen and oxygen atoms in total. The average Bonchev–Trinajstić information content (AvgIpc) is 2.57. The molecule has 140 valence electrons. The number of methoxy groups -OCH3 is 1. The second kappa shape index (κ2) is 6.38. The highest BCUT2D eigenvalue weighted by Crippen LogP contribution is 2.62. The van der Waals surface area contributed by atoms with Crippen molar-refractivity contribution >= 4 is 11.8 Å². The van der Waals surface area contributed by atoms with Crippen LogP contribution < -0.4 is 4.74 Å². The minimum absolute atomic E-state index is 0.126. The summed E-state index contributed by atoms with van der Waals surface area (Å²) in [6.45, 7) is -0.238. The number of hydrogen-bond acceptors (Lipinski definition) is 5. The number of Topliss-reactive ketones (excluding diaryl/α,β-unsaturated/α-hetero) is 1. The van der Waals surface area contributed by atoms with Gasteiger partial charge in [0.2, 0.25) is 0 Å². The van der Waals surface area contributed by atoms with Gasteiger partial charge in [0.05, 0.1) is 19.1 Å². The Hall–Kier alpha value is -1.88. The molecule has 4 bridgehead atoms. The van der Waals surface area contributed by atoms with Crippen LogP contribution in [0.5, 0.6) is 5.75 Å². The van der Waals surface area contributed by atoms with Crippen LogP contribution in [0.4, 0.5) is 0 Å². The Morgan fingerprint density at radius 3 is 2.35 bits per heavy atom. The van der Waals surface area contributed by atoms with Gasteiger partial charge < -0.3 is 14.6 Å². The smallest absolute Gasteiger partial charge is 0.306 e. The molecule has 0 spiro atoms. The lowest BCUT2D eigenvalue weighted by molar-refractivity contribution is -0.176. The minimum atomic E-state index is -0.580. The molecule has 2 unspecified atom stereocenters. The Bertz CT molecular complexity index is 694. The van der Waals surface area contributed by atoms with Crippen LogP contribution in [0, 0.1) is 17.3 Å². The van der Waals surface area contributed by atoms with Crippen molar-refractivity contribution in [1.29, 1.82) is 0 Å². The van der Waals surface area contributed by atoms with Crippen LogP contribution in [-0.4, -0.2) is 36.2 Å². The van der Waals surface area contributed by atoms with E-state index < -0.39 is 5.60 Å². The summed E-state index contributed by atoms with van der Waals surface area (Å²) in [6, 6.07) is 6.77. The van der Waals surface area contributed by atoms with E-state index >= 15 is 0 Å². The van der Waals surface area contributed by atoms with Gasteiger partial charge >= 0.3 is 5.97 Å². The molecule has 0 saturated heterocycles. The number of aliphatic hydroxyl groups is 1. The number of esters is 1. The predicted molar refractivity (Wildman–Crippen MR) is 95.0 cm³/mol. The molecule has 4 atom stereocenters. The van der Waals surface area contributed by atoms with Crippen LogP contribution >= 0.6 is 0 Å². The lowest BCUT2D eigenvalue weighted by atomic mass is 9.47. The highest BCUT2D eigenvalue weighted by atomic mass is 16.5. The Labute approximate surface area is 153 Å². The minimum Gasteiger partial charge on any atom is -0.497 e. The van der Waals surface area contributed by atoms with E-state index in [1.807, 2.05) is 0 Å². The number of benzene rings is 1. The third-order valence-corrected chi connectivity index (χ3v) is 6.45. The molecule has 0 aliphatic heterocycles. The first-order chi connectivity index (χ1) is 12.4. The van der Waals surface area contributed by atoms with Crippen LogP contribution in [0.3, 0.4) is 0 Å². The van der Waals surface area contributed by atoms with Gasteiger partial charge in [0.1, 0.15) is 5.75 Å². The number of ether oxygens (including phenoxy) is 2. The van der Waals surface area contributed by atoms with Crippen LogP contribution in [0.25, 0.3) is 0 Å². The van der Waals surface area contributed by atoms with Crippen molar-refractivity contribution < 1.29 is 24.2 Å². The third-order valence-electron chi connectivity index (χ3n) is 6.45. The van der Waals surface area contributed by atoms with Crippen molar-refractivity contribution in [3.63, 3.8) is 0 Å². The van der Waals surface area contributed by atoms with Crippen molar-refractivity contribution in [3.8, 4) is 5.75 Å². The zero-order valence-electron chi connectivity index (χ0n) is 15.2. The molecule has 0 amide bonds. The van der Waals surface area contributed by atoms with E-state index in [2.05, 4.69) is 0 Å². The lowest BCUT2D eigenvalue weighted by Crippen LogP contribution is -2.56. The Balaban J connectivity index is 1.33. The Morgan fingerprint density at radius 2 is 1.77 bits per heavy atom. The highest BCUT2D eigenvalue weighted by molar-refractivity contribution is 5.98. The quantitative estimate of drug-likeness (QED) is 0.625. The highest BCUT2D eigenvalue weighted by Gasteiger charge is 2.57. The second-order valence-corrected chi connectivity index (χ2v) is 8.67. The maximum absolute atomic E-state index is 12.4. The number of rotatable bonds is 6. The molecule has 26 heavy (non-hydrogen) atoms. The van der Waals surface area contributed by atoms with Gasteiger partial charge in [-0.1, -0.05) is 0 Å². The van der Waals surface area contributed by atoms with E-state index in [0.29, 0.717) is 36.0 Å². The molecule has 1 aromatic carbocycles. The van der Waals surface area contributed by atoms with Crippen molar-refractivity contribution in [3.05, 3.63) is 29.8 Å². The third kappa shape index (κ3) is 3.37. The second-order valence-electron chi connectivity index (χ2n) is 8.67. The molecular formula is C21H26O5. The molecule has 5 heteroatoms. The lowest BCUT2D eigenvalue weighted by Gasteiger charge is -2.60. The first kappa shape index (κ1) is 17.5. The first-order valence-corrected chi connectivity index (χ1v) is 9.44.